The van der Waals surface area contributed by atoms with E-state index >= 15 is 0 Å². The Morgan fingerprint density at radius 1 is 0.579 bits per heavy atom. The lowest BCUT2D eigenvalue weighted by atomic mass is 10.0. The first-order chi connectivity index (χ1) is 9.40. The smallest absolute Gasteiger partial charge is 0.108 e. The maximum atomic E-state index is 5.36. The van der Waals surface area contributed by atoms with Gasteiger partial charge in [0.1, 0.15) is 5.76 Å². The van der Waals surface area contributed by atoms with Gasteiger partial charge in [-0.05, 0) is 35.2 Å². The molecule has 0 aliphatic carbocycles. The third-order valence-electron chi connectivity index (χ3n) is 3.23. The van der Waals surface area contributed by atoms with E-state index in [0.717, 1.165) is 18.6 Å². The van der Waals surface area contributed by atoms with E-state index in [0.29, 0.717) is 0 Å². The van der Waals surface area contributed by atoms with Gasteiger partial charge >= 0.3 is 0 Å². The maximum Gasteiger partial charge on any atom is 0.108 e. The molecule has 3 rings (SSSR count). The third kappa shape index (κ3) is 3.14. The fraction of sp³-hybridized carbons (Fsp3) is 0.111. The van der Waals surface area contributed by atoms with Gasteiger partial charge in [0.25, 0.3) is 0 Å². The average molecular weight is 248 g/mol. The van der Waals surface area contributed by atoms with E-state index in [2.05, 4.69) is 54.6 Å². The average Bonchev–Trinajstić information content (AvgIpc) is 2.95. The molecule has 0 radical (unpaired) electrons. The summed E-state index contributed by atoms with van der Waals surface area (Å²) in [5, 5.41) is 0. The molecule has 0 N–H and O–H groups in total. The molecule has 0 saturated carbocycles. The predicted molar refractivity (Wildman–Crippen MR) is 77.2 cm³/mol. The summed E-state index contributed by atoms with van der Waals surface area (Å²) >= 11 is 0. The fourth-order valence-electron chi connectivity index (χ4n) is 2.22. The van der Waals surface area contributed by atoms with Crippen LogP contribution in [-0.2, 0) is 12.8 Å². The molecular formula is C18H16O. The molecule has 0 fully saturated rings. The van der Waals surface area contributed by atoms with Crippen molar-refractivity contribution in [1.29, 1.82) is 0 Å². The Labute approximate surface area is 113 Å². The number of hydrogen-bond donors (Lipinski definition) is 0. The molecule has 0 aliphatic heterocycles. The quantitative estimate of drug-likeness (QED) is 0.664. The highest BCUT2D eigenvalue weighted by Gasteiger charge is 2.00. The van der Waals surface area contributed by atoms with Gasteiger partial charge in [0.15, 0.2) is 0 Å². The second-order valence-corrected chi connectivity index (χ2v) is 4.74. The molecule has 0 spiro atoms. The minimum absolute atomic E-state index is 0.860. The predicted octanol–water partition coefficient (Wildman–Crippen LogP) is 4.46. The summed E-state index contributed by atoms with van der Waals surface area (Å²) in [5.74, 6) is 1.01. The largest absolute Gasteiger partial charge is 0.469 e. The van der Waals surface area contributed by atoms with Gasteiger partial charge in [-0.15, -0.1) is 0 Å². The van der Waals surface area contributed by atoms with Crippen molar-refractivity contribution >= 4 is 0 Å². The summed E-state index contributed by atoms with van der Waals surface area (Å²) in [5.41, 5.74) is 3.97. The Morgan fingerprint density at radius 2 is 1.21 bits per heavy atom. The lowest BCUT2D eigenvalue weighted by molar-refractivity contribution is 0.521. The van der Waals surface area contributed by atoms with Crippen LogP contribution in [0.2, 0.25) is 0 Å². The maximum absolute atomic E-state index is 5.36. The van der Waals surface area contributed by atoms with Crippen molar-refractivity contribution in [3.8, 4) is 0 Å². The topological polar surface area (TPSA) is 13.1 Å². The number of rotatable bonds is 4. The van der Waals surface area contributed by atoms with Gasteiger partial charge < -0.3 is 4.42 Å². The fourth-order valence-corrected chi connectivity index (χ4v) is 2.22. The second-order valence-electron chi connectivity index (χ2n) is 4.74. The molecule has 19 heavy (non-hydrogen) atoms. The highest BCUT2D eigenvalue weighted by molar-refractivity contribution is 5.30. The molecule has 1 nitrogen and oxygen atoms in total. The van der Waals surface area contributed by atoms with E-state index in [4.69, 9.17) is 4.42 Å². The monoisotopic (exact) mass is 248 g/mol. The minimum atomic E-state index is 0.860. The molecule has 0 atom stereocenters. The molecule has 0 saturated heterocycles. The number of furan rings is 1. The van der Waals surface area contributed by atoms with Crippen molar-refractivity contribution in [3.05, 3.63) is 95.4 Å². The molecule has 0 amide bonds. The van der Waals surface area contributed by atoms with Crippen LogP contribution in [0.5, 0.6) is 0 Å². The summed E-state index contributed by atoms with van der Waals surface area (Å²) in [7, 11) is 0. The van der Waals surface area contributed by atoms with Crippen LogP contribution >= 0.6 is 0 Å². The van der Waals surface area contributed by atoms with Crippen LogP contribution in [0.4, 0.5) is 0 Å². The zero-order chi connectivity index (χ0) is 12.9. The molecular weight excluding hydrogens is 232 g/mol. The summed E-state index contributed by atoms with van der Waals surface area (Å²) < 4.78 is 5.36. The first kappa shape index (κ1) is 11.8. The highest BCUT2D eigenvalue weighted by atomic mass is 16.3. The molecule has 1 heterocycles. The number of benzene rings is 2. The molecule has 0 bridgehead atoms. The molecule has 94 valence electrons. The Hall–Kier alpha value is -2.28. The van der Waals surface area contributed by atoms with E-state index < -0.39 is 0 Å². The van der Waals surface area contributed by atoms with Crippen molar-refractivity contribution < 1.29 is 4.42 Å². The van der Waals surface area contributed by atoms with Crippen LogP contribution in [0.15, 0.2) is 77.4 Å². The van der Waals surface area contributed by atoms with Gasteiger partial charge in [-0.1, -0.05) is 54.6 Å². The molecule has 3 aromatic rings. The molecule has 0 aliphatic rings. The standard InChI is InChI=1S/C18H16O/c1-2-5-15(6-3-1)13-16-8-10-17(11-9-16)14-18-7-4-12-19-18/h1-12H,13-14H2. The SMILES string of the molecule is c1ccc(Cc2ccc(Cc3ccco3)cc2)cc1. The van der Waals surface area contributed by atoms with Crippen LogP contribution in [-0.4, -0.2) is 0 Å². The molecule has 2 aromatic carbocycles. The van der Waals surface area contributed by atoms with Crippen LogP contribution in [0.25, 0.3) is 0 Å². The Balaban J connectivity index is 1.69. The van der Waals surface area contributed by atoms with Gasteiger partial charge in [0.2, 0.25) is 0 Å². The summed E-state index contributed by atoms with van der Waals surface area (Å²) in [6, 6.07) is 23.2. The summed E-state index contributed by atoms with van der Waals surface area (Å²) in [6.45, 7) is 0. The van der Waals surface area contributed by atoms with Gasteiger partial charge in [-0.2, -0.15) is 0 Å². The Kier molecular flexibility index (Phi) is 3.46. The normalized spacial score (nSPS) is 10.5. The van der Waals surface area contributed by atoms with E-state index in [9.17, 15) is 0 Å². The van der Waals surface area contributed by atoms with Gasteiger partial charge in [0.05, 0.1) is 6.26 Å². The van der Waals surface area contributed by atoms with E-state index in [1.165, 1.54) is 16.7 Å². The Bertz CT molecular complexity index is 607. The van der Waals surface area contributed by atoms with Crippen molar-refractivity contribution in [2.75, 3.05) is 0 Å². The van der Waals surface area contributed by atoms with Crippen molar-refractivity contribution in [2.45, 2.75) is 12.8 Å². The van der Waals surface area contributed by atoms with Crippen LogP contribution in [0.1, 0.15) is 22.5 Å². The summed E-state index contributed by atoms with van der Waals surface area (Å²) in [4.78, 5) is 0. The van der Waals surface area contributed by atoms with Crippen molar-refractivity contribution in [2.24, 2.45) is 0 Å². The van der Waals surface area contributed by atoms with Crippen molar-refractivity contribution in [1.82, 2.24) is 0 Å². The van der Waals surface area contributed by atoms with Gasteiger partial charge in [-0.25, -0.2) is 0 Å². The van der Waals surface area contributed by atoms with Gasteiger partial charge in [-0.3, -0.25) is 0 Å². The van der Waals surface area contributed by atoms with Crippen LogP contribution < -0.4 is 0 Å². The van der Waals surface area contributed by atoms with Crippen LogP contribution in [0.3, 0.4) is 0 Å². The van der Waals surface area contributed by atoms with Gasteiger partial charge in [0, 0.05) is 6.42 Å². The lowest BCUT2D eigenvalue weighted by Gasteiger charge is -2.04. The number of hydrogen-bond acceptors (Lipinski definition) is 1. The van der Waals surface area contributed by atoms with E-state index in [1.807, 2.05) is 12.1 Å². The molecule has 0 unspecified atom stereocenters. The zero-order valence-corrected chi connectivity index (χ0v) is 10.8. The zero-order valence-electron chi connectivity index (χ0n) is 10.8. The third-order valence-corrected chi connectivity index (χ3v) is 3.23. The van der Waals surface area contributed by atoms with Crippen molar-refractivity contribution in [3.63, 3.8) is 0 Å². The van der Waals surface area contributed by atoms with Crippen LogP contribution in [0, 0.1) is 0 Å². The minimum Gasteiger partial charge on any atom is -0.469 e. The second kappa shape index (κ2) is 5.57. The first-order valence-electron chi connectivity index (χ1n) is 6.54. The summed E-state index contributed by atoms with van der Waals surface area (Å²) in [6.07, 6.45) is 3.57. The molecule has 1 aromatic heterocycles. The first-order valence-corrected chi connectivity index (χ1v) is 6.54. The van der Waals surface area contributed by atoms with E-state index in [-0.39, 0.29) is 0 Å². The highest BCUT2D eigenvalue weighted by Crippen LogP contribution is 2.14. The van der Waals surface area contributed by atoms with E-state index in [1.54, 1.807) is 6.26 Å². The molecule has 1 heteroatoms. The Morgan fingerprint density at radius 3 is 1.84 bits per heavy atom. The lowest BCUT2D eigenvalue weighted by Crippen LogP contribution is -1.90.